The van der Waals surface area contributed by atoms with E-state index >= 15 is 0 Å². The number of aryl methyl sites for hydroxylation is 1. The molecule has 0 radical (unpaired) electrons. The van der Waals surface area contributed by atoms with Crippen molar-refractivity contribution in [2.75, 3.05) is 46.8 Å². The molecule has 0 N–H and O–H groups in total. The Hall–Kier alpha value is -1.89. The largest absolute Gasteiger partial charge is 0.361 e. The van der Waals surface area contributed by atoms with E-state index in [1.807, 2.05) is 23.9 Å². The van der Waals surface area contributed by atoms with Crippen LogP contribution in [0.5, 0.6) is 0 Å². The van der Waals surface area contributed by atoms with Crippen LogP contribution in [0.2, 0.25) is 0 Å². The van der Waals surface area contributed by atoms with Gasteiger partial charge >= 0.3 is 0 Å². The minimum atomic E-state index is 0.0358. The van der Waals surface area contributed by atoms with Gasteiger partial charge in [-0.15, -0.1) is 0 Å². The third kappa shape index (κ3) is 4.56. The third-order valence-corrected chi connectivity index (χ3v) is 3.77. The van der Waals surface area contributed by atoms with Gasteiger partial charge in [-0.25, -0.2) is 0 Å². The molecule has 0 bridgehead atoms. The first-order valence-electron chi connectivity index (χ1n) is 7.58. The summed E-state index contributed by atoms with van der Waals surface area (Å²) in [6, 6.07) is 1.78. The van der Waals surface area contributed by atoms with Crippen molar-refractivity contribution in [3.05, 3.63) is 17.5 Å². The molecule has 7 heteroatoms. The van der Waals surface area contributed by atoms with Crippen LogP contribution in [0.1, 0.15) is 17.9 Å². The Morgan fingerprint density at radius 1 is 1.18 bits per heavy atom. The summed E-state index contributed by atoms with van der Waals surface area (Å²) in [5.41, 5.74) is 0.659. The van der Waals surface area contributed by atoms with Crippen molar-refractivity contribution < 1.29 is 14.1 Å². The zero-order valence-corrected chi connectivity index (χ0v) is 13.5. The van der Waals surface area contributed by atoms with Gasteiger partial charge in [0.05, 0.1) is 12.1 Å². The van der Waals surface area contributed by atoms with Gasteiger partial charge in [-0.3, -0.25) is 9.59 Å². The van der Waals surface area contributed by atoms with Gasteiger partial charge in [0.25, 0.3) is 0 Å². The van der Waals surface area contributed by atoms with Crippen LogP contribution in [-0.4, -0.2) is 78.5 Å². The molecule has 1 aromatic rings. The molecule has 0 aromatic carbocycles. The molecule has 0 saturated carbocycles. The van der Waals surface area contributed by atoms with E-state index in [4.69, 9.17) is 4.52 Å². The molecule has 2 heterocycles. The fourth-order valence-corrected chi connectivity index (χ4v) is 2.45. The second kappa shape index (κ2) is 7.40. The Balaban J connectivity index is 1.76. The number of hydrogen-bond donors (Lipinski definition) is 0. The quantitative estimate of drug-likeness (QED) is 0.774. The van der Waals surface area contributed by atoms with E-state index in [2.05, 4.69) is 5.16 Å². The standard InChI is InChI=1S/C15H24N4O3/c1-12-10-13(16-22-12)11-15(21)19-8-6-18(7-9-19)14(20)4-5-17(2)3/h10H,4-9,11H2,1-3H3. The van der Waals surface area contributed by atoms with Gasteiger partial charge in [0.1, 0.15) is 5.76 Å². The molecule has 7 nitrogen and oxygen atoms in total. The Morgan fingerprint density at radius 3 is 2.27 bits per heavy atom. The zero-order chi connectivity index (χ0) is 16.1. The number of carbonyl (C=O) groups is 2. The highest BCUT2D eigenvalue weighted by Gasteiger charge is 2.24. The molecule has 1 fully saturated rings. The topological polar surface area (TPSA) is 69.9 Å². The fraction of sp³-hybridized carbons (Fsp3) is 0.667. The SMILES string of the molecule is Cc1cc(CC(=O)N2CCN(C(=O)CCN(C)C)CC2)no1. The summed E-state index contributed by atoms with van der Waals surface area (Å²) < 4.78 is 4.97. The molecule has 122 valence electrons. The van der Waals surface area contributed by atoms with Crippen LogP contribution in [0.25, 0.3) is 0 Å². The minimum absolute atomic E-state index is 0.0358. The Labute approximate surface area is 130 Å². The molecule has 2 rings (SSSR count). The van der Waals surface area contributed by atoms with Gasteiger partial charge in [-0.1, -0.05) is 5.16 Å². The number of amides is 2. The van der Waals surface area contributed by atoms with Crippen LogP contribution >= 0.6 is 0 Å². The van der Waals surface area contributed by atoms with Gasteiger partial charge in [-0.05, 0) is 21.0 Å². The highest BCUT2D eigenvalue weighted by molar-refractivity contribution is 5.79. The normalized spacial score (nSPS) is 15.5. The number of rotatable bonds is 5. The molecular weight excluding hydrogens is 284 g/mol. The summed E-state index contributed by atoms with van der Waals surface area (Å²) in [7, 11) is 3.91. The van der Waals surface area contributed by atoms with Gasteiger partial charge < -0.3 is 19.2 Å². The predicted molar refractivity (Wildman–Crippen MR) is 81.3 cm³/mol. The van der Waals surface area contributed by atoms with Crippen molar-refractivity contribution in [1.29, 1.82) is 0 Å². The molecule has 0 atom stereocenters. The molecule has 0 aliphatic carbocycles. The van der Waals surface area contributed by atoms with Gasteiger partial charge in [-0.2, -0.15) is 0 Å². The first-order chi connectivity index (χ1) is 10.5. The van der Waals surface area contributed by atoms with Crippen molar-refractivity contribution in [1.82, 2.24) is 19.9 Å². The summed E-state index contributed by atoms with van der Waals surface area (Å²) in [6.07, 6.45) is 0.783. The van der Waals surface area contributed by atoms with Crippen LogP contribution in [0, 0.1) is 6.92 Å². The summed E-state index contributed by atoms with van der Waals surface area (Å²) in [5.74, 6) is 0.903. The molecule has 1 saturated heterocycles. The highest BCUT2D eigenvalue weighted by Crippen LogP contribution is 2.08. The lowest BCUT2D eigenvalue weighted by Gasteiger charge is -2.35. The minimum Gasteiger partial charge on any atom is -0.361 e. The maximum atomic E-state index is 12.2. The summed E-state index contributed by atoms with van der Waals surface area (Å²) >= 11 is 0. The zero-order valence-electron chi connectivity index (χ0n) is 13.5. The lowest BCUT2D eigenvalue weighted by atomic mass is 10.2. The molecule has 2 amide bonds. The second-order valence-electron chi connectivity index (χ2n) is 5.92. The third-order valence-electron chi connectivity index (χ3n) is 3.77. The van der Waals surface area contributed by atoms with Crippen molar-refractivity contribution >= 4 is 11.8 Å². The lowest BCUT2D eigenvalue weighted by molar-refractivity contribution is -0.139. The molecular formula is C15H24N4O3. The Bertz CT molecular complexity index is 519. The van der Waals surface area contributed by atoms with Gasteiger partial charge in [0, 0.05) is 45.2 Å². The Morgan fingerprint density at radius 2 is 1.77 bits per heavy atom. The number of carbonyl (C=O) groups excluding carboxylic acids is 2. The first-order valence-corrected chi connectivity index (χ1v) is 7.58. The number of piperazine rings is 1. The average Bonchev–Trinajstić information content (AvgIpc) is 2.90. The van der Waals surface area contributed by atoms with E-state index in [1.54, 1.807) is 17.9 Å². The molecule has 22 heavy (non-hydrogen) atoms. The van der Waals surface area contributed by atoms with Crippen molar-refractivity contribution in [2.45, 2.75) is 19.8 Å². The highest BCUT2D eigenvalue weighted by atomic mass is 16.5. The van der Waals surface area contributed by atoms with E-state index in [0.717, 1.165) is 6.54 Å². The maximum Gasteiger partial charge on any atom is 0.228 e. The molecule has 0 spiro atoms. The first kappa shape index (κ1) is 16.5. The van der Waals surface area contributed by atoms with E-state index in [9.17, 15) is 9.59 Å². The van der Waals surface area contributed by atoms with E-state index < -0.39 is 0 Å². The van der Waals surface area contributed by atoms with Crippen LogP contribution in [-0.2, 0) is 16.0 Å². The molecule has 0 unspecified atom stereocenters. The average molecular weight is 308 g/mol. The number of hydrogen-bond acceptors (Lipinski definition) is 5. The number of aromatic nitrogens is 1. The van der Waals surface area contributed by atoms with Crippen molar-refractivity contribution in [2.24, 2.45) is 0 Å². The van der Waals surface area contributed by atoms with Gasteiger partial charge in [0.2, 0.25) is 11.8 Å². The lowest BCUT2D eigenvalue weighted by Crippen LogP contribution is -2.51. The molecule has 1 aliphatic heterocycles. The van der Waals surface area contributed by atoms with Crippen molar-refractivity contribution in [3.8, 4) is 0 Å². The fourth-order valence-electron chi connectivity index (χ4n) is 2.45. The predicted octanol–water partition coefficient (Wildman–Crippen LogP) is 0.148. The van der Waals surface area contributed by atoms with Crippen LogP contribution in [0.15, 0.2) is 10.6 Å². The maximum absolute atomic E-state index is 12.2. The smallest absolute Gasteiger partial charge is 0.228 e. The second-order valence-corrected chi connectivity index (χ2v) is 5.92. The van der Waals surface area contributed by atoms with Crippen molar-refractivity contribution in [3.63, 3.8) is 0 Å². The van der Waals surface area contributed by atoms with E-state index in [0.29, 0.717) is 44.1 Å². The molecule has 1 aromatic heterocycles. The van der Waals surface area contributed by atoms with E-state index in [-0.39, 0.29) is 18.2 Å². The monoisotopic (exact) mass is 308 g/mol. The molecule has 1 aliphatic rings. The van der Waals surface area contributed by atoms with Gasteiger partial charge in [0.15, 0.2) is 0 Å². The summed E-state index contributed by atoms with van der Waals surface area (Å²) in [4.78, 5) is 29.9. The van der Waals surface area contributed by atoms with E-state index in [1.165, 1.54) is 0 Å². The van der Waals surface area contributed by atoms with Crippen LogP contribution in [0.4, 0.5) is 0 Å². The summed E-state index contributed by atoms with van der Waals surface area (Å²) in [5, 5.41) is 3.84. The van der Waals surface area contributed by atoms with Crippen LogP contribution < -0.4 is 0 Å². The summed E-state index contributed by atoms with van der Waals surface area (Å²) in [6.45, 7) is 4.95. The number of nitrogens with zero attached hydrogens (tertiary/aromatic N) is 4. The Kier molecular flexibility index (Phi) is 5.54. The van der Waals surface area contributed by atoms with Crippen LogP contribution in [0.3, 0.4) is 0 Å².